The Labute approximate surface area is 366 Å². The highest BCUT2D eigenvalue weighted by atomic mass is 16.5. The topological polar surface area (TPSA) is 174 Å². The number of dihydropyridines is 1. The second kappa shape index (κ2) is 19.4. The van der Waals surface area contributed by atoms with Crippen LogP contribution in [0.3, 0.4) is 0 Å². The summed E-state index contributed by atoms with van der Waals surface area (Å²) in [5.74, 6) is 8.95. The summed E-state index contributed by atoms with van der Waals surface area (Å²) in [7, 11) is 1.51. The van der Waals surface area contributed by atoms with Gasteiger partial charge < -0.3 is 41.5 Å². The minimum absolute atomic E-state index is 0.00360. The van der Waals surface area contributed by atoms with Crippen LogP contribution in [0.4, 0.5) is 0 Å². The highest BCUT2D eigenvalue weighted by Crippen LogP contribution is 2.47. The Bertz CT molecular complexity index is 2240. The number of aliphatic hydroxyl groups excluding tert-OH is 3. The van der Waals surface area contributed by atoms with E-state index in [9.17, 15) is 30.0 Å². The second-order valence-electron chi connectivity index (χ2n) is 19.0. The SMILES string of the molecule is COc1cc2c(cc1O)C(CCC(O)CC(C1=CCNC(N)=C1)c1ccc3ccccc3c1)C#CC1(CCC(CC(CCO)C3CNC4CC(=O)CCC4C3)CC1O)C(=O)CC2. The smallest absolute Gasteiger partial charge is 0.160 e. The number of hydrogen-bond acceptors (Lipinski definition) is 10. The zero-order valence-electron chi connectivity index (χ0n) is 36.2. The van der Waals surface area contributed by atoms with E-state index >= 15 is 0 Å². The van der Waals surface area contributed by atoms with Crippen molar-refractivity contribution in [3.8, 4) is 23.3 Å². The Hall–Kier alpha value is -4.66. The van der Waals surface area contributed by atoms with Crippen molar-refractivity contribution >= 4 is 22.3 Å². The first-order valence-corrected chi connectivity index (χ1v) is 23.1. The summed E-state index contributed by atoms with van der Waals surface area (Å²) < 4.78 is 5.51. The number of fused-ring (bicyclic) bond motifs is 3. The normalized spacial score (nSPS) is 29.0. The number of piperidine rings is 1. The standard InChI is InChI=1S/C52H65N3O7/c1-62-48-26-38-10-13-49(60)52(18-14-32(23-50(52)61)22-36(17-21-56)41-25-40-9-12-43(58)29-46(40)55-31-41)19-15-34(45(38)30-47(48)59)8-11-42(57)28-44(39-16-20-54-51(53)27-39)37-7-6-33-4-2-3-5-35(33)24-37/h2-7,16,24,26-27,30,32,34,36,40-42,44,46,50,54-57,59,61H,8-14,17-18,20-23,25,28-29,31,53H2,1H3. The molecule has 62 heavy (non-hydrogen) atoms. The van der Waals surface area contributed by atoms with E-state index in [0.29, 0.717) is 93.5 Å². The van der Waals surface area contributed by atoms with Crippen molar-refractivity contribution in [1.82, 2.24) is 10.6 Å². The summed E-state index contributed by atoms with van der Waals surface area (Å²) in [4.78, 5) is 26.5. The van der Waals surface area contributed by atoms with Crippen LogP contribution in [0.5, 0.6) is 11.5 Å². The number of nitrogens with one attached hydrogen (secondary N) is 2. The molecule has 2 heterocycles. The predicted molar refractivity (Wildman–Crippen MR) is 241 cm³/mol. The van der Waals surface area contributed by atoms with Crippen LogP contribution in [-0.4, -0.2) is 77.0 Å². The van der Waals surface area contributed by atoms with Crippen molar-refractivity contribution in [1.29, 1.82) is 0 Å². The lowest BCUT2D eigenvalue weighted by atomic mass is 9.63. The number of aryl methyl sites for hydroxylation is 1. The molecule has 0 bridgehead atoms. The highest BCUT2D eigenvalue weighted by molar-refractivity contribution is 5.89. The fourth-order valence-electron chi connectivity index (χ4n) is 11.6. The van der Waals surface area contributed by atoms with Gasteiger partial charge in [0.1, 0.15) is 11.2 Å². The number of benzene rings is 3. The van der Waals surface area contributed by atoms with Crippen molar-refractivity contribution in [2.75, 3.05) is 26.8 Å². The molecular weight excluding hydrogens is 779 g/mol. The van der Waals surface area contributed by atoms with Crippen molar-refractivity contribution in [3.05, 3.63) is 94.8 Å². The zero-order chi connectivity index (χ0) is 43.4. The van der Waals surface area contributed by atoms with E-state index in [4.69, 9.17) is 10.5 Å². The third-order valence-corrected chi connectivity index (χ3v) is 15.2. The lowest BCUT2D eigenvalue weighted by Gasteiger charge is -2.44. The van der Waals surface area contributed by atoms with Crippen molar-refractivity contribution in [3.63, 3.8) is 0 Å². The Morgan fingerprint density at radius 2 is 1.85 bits per heavy atom. The number of methoxy groups -OCH3 is 1. The number of Topliss-reactive ketones (excluding diaryl/α,β-unsaturated/α-hetero) is 2. The van der Waals surface area contributed by atoms with Crippen LogP contribution in [0.1, 0.15) is 112 Å². The number of ketones is 2. The van der Waals surface area contributed by atoms with Crippen molar-refractivity contribution in [2.24, 2.45) is 34.8 Å². The highest BCUT2D eigenvalue weighted by Gasteiger charge is 2.48. The van der Waals surface area contributed by atoms with Crippen LogP contribution in [0, 0.1) is 40.9 Å². The minimum Gasteiger partial charge on any atom is -0.504 e. The lowest BCUT2D eigenvalue weighted by Crippen LogP contribution is -2.50. The van der Waals surface area contributed by atoms with E-state index in [1.807, 2.05) is 18.2 Å². The Balaban J connectivity index is 1.01. The largest absolute Gasteiger partial charge is 0.504 e. The summed E-state index contributed by atoms with van der Waals surface area (Å²) in [5.41, 5.74) is 8.88. The van der Waals surface area contributed by atoms with Gasteiger partial charge >= 0.3 is 0 Å². The predicted octanol–water partition coefficient (Wildman–Crippen LogP) is 6.68. The number of aliphatic hydroxyl groups is 3. The Morgan fingerprint density at radius 1 is 1.02 bits per heavy atom. The third kappa shape index (κ3) is 9.62. The van der Waals surface area contributed by atoms with Gasteiger partial charge in [-0.05, 0) is 152 Å². The minimum atomic E-state index is -1.21. The average Bonchev–Trinajstić information content (AvgIpc) is 3.32. The molecule has 3 aromatic rings. The molecule has 1 saturated heterocycles. The number of nitrogens with two attached hydrogens (primary N) is 1. The van der Waals surface area contributed by atoms with E-state index < -0.39 is 23.5 Å². The number of allylic oxidation sites excluding steroid dienone is 2. The number of rotatable bonds is 13. The molecule has 10 atom stereocenters. The molecule has 3 aliphatic carbocycles. The number of hydrogen-bond donors (Lipinski definition) is 7. The van der Waals surface area contributed by atoms with Gasteiger partial charge in [0.25, 0.3) is 0 Å². The molecule has 0 radical (unpaired) electrons. The lowest BCUT2D eigenvalue weighted by molar-refractivity contribution is -0.134. The maximum atomic E-state index is 14.4. The molecule has 2 saturated carbocycles. The van der Waals surface area contributed by atoms with Crippen LogP contribution in [-0.2, 0) is 16.0 Å². The first-order valence-electron chi connectivity index (χ1n) is 23.1. The molecule has 8 rings (SSSR count). The Kier molecular flexibility index (Phi) is 13.7. The van der Waals surface area contributed by atoms with E-state index in [2.05, 4.69) is 58.9 Å². The zero-order valence-corrected chi connectivity index (χ0v) is 36.2. The molecule has 1 spiro atoms. The van der Waals surface area contributed by atoms with Gasteiger partial charge in [0.05, 0.1) is 25.1 Å². The number of ether oxygens (including phenoxy) is 1. The molecular formula is C52H65N3O7. The monoisotopic (exact) mass is 843 g/mol. The molecule has 0 amide bonds. The van der Waals surface area contributed by atoms with E-state index in [1.165, 1.54) is 7.11 Å². The van der Waals surface area contributed by atoms with Crippen LogP contribution >= 0.6 is 0 Å². The molecule has 330 valence electrons. The summed E-state index contributed by atoms with van der Waals surface area (Å²) in [6, 6.07) is 18.5. The maximum Gasteiger partial charge on any atom is 0.160 e. The Morgan fingerprint density at radius 3 is 2.65 bits per heavy atom. The van der Waals surface area contributed by atoms with Gasteiger partial charge in [0.15, 0.2) is 17.3 Å². The van der Waals surface area contributed by atoms with E-state index in [-0.39, 0.29) is 48.4 Å². The molecule has 3 aromatic carbocycles. The van der Waals surface area contributed by atoms with Gasteiger partial charge in [-0.1, -0.05) is 60.4 Å². The van der Waals surface area contributed by atoms with Gasteiger partial charge in [-0.25, -0.2) is 0 Å². The number of carbonyl (C=O) groups excluding carboxylic acids is 2. The third-order valence-electron chi connectivity index (χ3n) is 15.2. The summed E-state index contributed by atoms with van der Waals surface area (Å²) >= 11 is 0. The van der Waals surface area contributed by atoms with E-state index in [0.717, 1.165) is 65.3 Å². The fourth-order valence-corrected chi connectivity index (χ4v) is 11.6. The first kappa shape index (κ1) is 44.0. The molecule has 0 aromatic heterocycles. The summed E-state index contributed by atoms with van der Waals surface area (Å²) in [5, 5.41) is 54.2. The first-order chi connectivity index (χ1) is 30.0. The second-order valence-corrected chi connectivity index (χ2v) is 19.0. The molecule has 2 aliphatic heterocycles. The average molecular weight is 844 g/mol. The van der Waals surface area contributed by atoms with Crippen LogP contribution in [0.25, 0.3) is 10.8 Å². The summed E-state index contributed by atoms with van der Waals surface area (Å²) in [6.07, 6.45) is 10.9. The molecule has 3 fully saturated rings. The number of phenols is 1. The number of aromatic hydroxyl groups is 1. The molecule has 10 heteroatoms. The van der Waals surface area contributed by atoms with Gasteiger partial charge in [0.2, 0.25) is 0 Å². The van der Waals surface area contributed by atoms with Crippen molar-refractivity contribution in [2.45, 2.75) is 120 Å². The fraction of sp³-hybridized carbons (Fsp3) is 0.538. The maximum absolute atomic E-state index is 14.4. The molecule has 8 N–H and O–H groups in total. The van der Waals surface area contributed by atoms with E-state index in [1.54, 1.807) is 12.1 Å². The quantitative estimate of drug-likeness (QED) is 0.0920. The number of phenolic OH excluding ortho intramolecular Hbond substituents is 1. The number of carbonyl (C=O) groups is 2. The van der Waals surface area contributed by atoms with Gasteiger partial charge in [0, 0.05) is 50.3 Å². The van der Waals surface area contributed by atoms with Crippen molar-refractivity contribution < 1.29 is 34.8 Å². The van der Waals surface area contributed by atoms with Gasteiger partial charge in [-0.15, -0.1) is 0 Å². The van der Waals surface area contributed by atoms with Crippen LogP contribution < -0.4 is 21.1 Å². The molecule has 10 unspecified atom stereocenters. The molecule has 10 nitrogen and oxygen atoms in total. The van der Waals surface area contributed by atoms with Gasteiger partial charge in [-0.3, -0.25) is 9.59 Å². The van der Waals surface area contributed by atoms with Crippen LogP contribution in [0.15, 0.2) is 78.1 Å². The van der Waals surface area contributed by atoms with Gasteiger partial charge in [-0.2, -0.15) is 0 Å². The van der Waals surface area contributed by atoms with Crippen LogP contribution in [0.2, 0.25) is 0 Å². The summed E-state index contributed by atoms with van der Waals surface area (Å²) in [6.45, 7) is 1.56. The molecule has 5 aliphatic rings.